The van der Waals surface area contributed by atoms with Crippen LogP contribution in [-0.4, -0.2) is 47.1 Å². The second-order valence-corrected chi connectivity index (χ2v) is 8.05. The highest BCUT2D eigenvalue weighted by atomic mass is 16.4. The largest absolute Gasteiger partial charge is 0.481 e. The molecule has 5 heteroatoms. The molecule has 2 unspecified atom stereocenters. The van der Waals surface area contributed by atoms with E-state index in [9.17, 15) is 14.7 Å². The normalized spacial score (nSPS) is 32.5. The third-order valence-electron chi connectivity index (χ3n) is 6.67. The van der Waals surface area contributed by atoms with Crippen LogP contribution in [0.2, 0.25) is 0 Å². The summed E-state index contributed by atoms with van der Waals surface area (Å²) in [7, 11) is 0. The van der Waals surface area contributed by atoms with Gasteiger partial charge in [-0.2, -0.15) is 0 Å². The van der Waals surface area contributed by atoms with Crippen molar-refractivity contribution in [2.45, 2.75) is 51.6 Å². The number of carboxylic acids is 1. The van der Waals surface area contributed by atoms with Gasteiger partial charge in [-0.05, 0) is 50.7 Å². The van der Waals surface area contributed by atoms with Crippen LogP contribution in [-0.2, 0) is 16.0 Å². The van der Waals surface area contributed by atoms with Gasteiger partial charge < -0.3 is 10.0 Å². The molecule has 1 aromatic rings. The Labute approximate surface area is 148 Å². The van der Waals surface area contributed by atoms with Crippen molar-refractivity contribution in [3.05, 3.63) is 29.8 Å². The van der Waals surface area contributed by atoms with Gasteiger partial charge in [-0.25, -0.2) is 0 Å². The van der Waals surface area contributed by atoms with Crippen molar-refractivity contribution >= 4 is 17.6 Å². The van der Waals surface area contributed by atoms with E-state index in [1.807, 2.05) is 30.0 Å². The fraction of sp³-hybridized carbons (Fsp3) is 0.600. The van der Waals surface area contributed by atoms with Crippen molar-refractivity contribution in [3.63, 3.8) is 0 Å². The van der Waals surface area contributed by atoms with Gasteiger partial charge in [0.15, 0.2) is 0 Å². The van der Waals surface area contributed by atoms with Gasteiger partial charge in [0, 0.05) is 24.8 Å². The van der Waals surface area contributed by atoms with E-state index in [1.54, 1.807) is 0 Å². The summed E-state index contributed by atoms with van der Waals surface area (Å²) >= 11 is 0. The number of nitrogens with zero attached hydrogens (tertiary/aromatic N) is 2. The van der Waals surface area contributed by atoms with Gasteiger partial charge in [-0.15, -0.1) is 0 Å². The molecule has 1 aromatic carbocycles. The molecule has 2 heterocycles. The molecule has 25 heavy (non-hydrogen) atoms. The van der Waals surface area contributed by atoms with Gasteiger partial charge >= 0.3 is 5.97 Å². The maximum absolute atomic E-state index is 13.2. The number of hydrogen-bond acceptors (Lipinski definition) is 3. The lowest BCUT2D eigenvalue weighted by molar-refractivity contribution is -0.149. The second kappa shape index (κ2) is 5.84. The second-order valence-electron chi connectivity index (χ2n) is 8.05. The number of hydrogen-bond donors (Lipinski definition) is 1. The summed E-state index contributed by atoms with van der Waals surface area (Å²) in [5.41, 5.74) is 1.60. The number of likely N-dealkylation sites (tertiary alicyclic amines) is 1. The minimum atomic E-state index is -0.683. The van der Waals surface area contributed by atoms with Crippen LogP contribution < -0.4 is 4.90 Å². The van der Waals surface area contributed by atoms with E-state index in [-0.39, 0.29) is 23.9 Å². The van der Waals surface area contributed by atoms with E-state index in [1.165, 1.54) is 5.56 Å². The Bertz CT molecular complexity index is 719. The Balaban J connectivity index is 1.55. The van der Waals surface area contributed by atoms with E-state index in [0.29, 0.717) is 6.54 Å². The first-order valence-electron chi connectivity index (χ1n) is 9.32. The molecule has 2 aliphatic heterocycles. The van der Waals surface area contributed by atoms with Crippen LogP contribution in [0.5, 0.6) is 0 Å². The Kier molecular flexibility index (Phi) is 3.87. The van der Waals surface area contributed by atoms with Crippen molar-refractivity contribution in [3.8, 4) is 0 Å². The summed E-state index contributed by atoms with van der Waals surface area (Å²) < 4.78 is 0. The number of carboxylic acid groups (broad SMARTS) is 1. The van der Waals surface area contributed by atoms with Crippen LogP contribution in [0, 0.1) is 11.3 Å². The number of carbonyl (C=O) groups excluding carboxylic acids is 1. The molecule has 1 amide bonds. The molecular formula is C20H26N2O3. The summed E-state index contributed by atoms with van der Waals surface area (Å²) in [6.07, 6.45) is 3.58. The first-order chi connectivity index (χ1) is 11.9. The molecule has 0 radical (unpaired) electrons. The molecule has 4 rings (SSSR count). The average Bonchev–Trinajstić information content (AvgIpc) is 3.22. The molecule has 134 valence electrons. The predicted octanol–water partition coefficient (Wildman–Crippen LogP) is 2.54. The molecule has 1 saturated carbocycles. The van der Waals surface area contributed by atoms with Crippen molar-refractivity contribution in [2.75, 3.05) is 18.0 Å². The summed E-state index contributed by atoms with van der Waals surface area (Å²) in [6.45, 7) is 5.25. The number of para-hydroxylation sites is 1. The van der Waals surface area contributed by atoms with Gasteiger partial charge in [-0.1, -0.05) is 24.6 Å². The Morgan fingerprint density at radius 1 is 1.32 bits per heavy atom. The van der Waals surface area contributed by atoms with Crippen LogP contribution in [0.25, 0.3) is 0 Å². The molecule has 1 saturated heterocycles. The van der Waals surface area contributed by atoms with Crippen molar-refractivity contribution < 1.29 is 14.7 Å². The van der Waals surface area contributed by atoms with E-state index in [2.05, 4.69) is 17.9 Å². The first-order valence-corrected chi connectivity index (χ1v) is 9.32. The lowest BCUT2D eigenvalue weighted by Gasteiger charge is -2.31. The smallest absolute Gasteiger partial charge is 0.311 e. The fourth-order valence-corrected chi connectivity index (χ4v) is 5.23. The Morgan fingerprint density at radius 3 is 2.80 bits per heavy atom. The maximum atomic E-state index is 13.2. The van der Waals surface area contributed by atoms with Crippen LogP contribution in [0.3, 0.4) is 0 Å². The third kappa shape index (κ3) is 2.40. The minimum Gasteiger partial charge on any atom is -0.481 e. The minimum absolute atomic E-state index is 0.0953. The number of fused-ring (bicyclic) bond motifs is 2. The highest BCUT2D eigenvalue weighted by molar-refractivity contribution is 5.99. The number of anilines is 1. The fourth-order valence-electron chi connectivity index (χ4n) is 5.23. The van der Waals surface area contributed by atoms with E-state index in [4.69, 9.17) is 0 Å². The molecule has 4 atom stereocenters. The molecule has 0 spiro atoms. The average molecular weight is 342 g/mol. The van der Waals surface area contributed by atoms with Crippen LogP contribution in [0.15, 0.2) is 24.3 Å². The lowest BCUT2D eigenvalue weighted by atomic mass is 9.81. The lowest BCUT2D eigenvalue weighted by Crippen LogP contribution is -2.49. The highest BCUT2D eigenvalue weighted by Crippen LogP contribution is 2.49. The number of benzene rings is 1. The molecule has 0 aromatic heterocycles. The zero-order valence-electron chi connectivity index (χ0n) is 14.9. The number of rotatable bonds is 3. The van der Waals surface area contributed by atoms with E-state index >= 15 is 0 Å². The summed E-state index contributed by atoms with van der Waals surface area (Å²) in [5.74, 6) is -0.404. The van der Waals surface area contributed by atoms with Gasteiger partial charge in [0.1, 0.15) is 0 Å². The maximum Gasteiger partial charge on any atom is 0.311 e. The SMILES string of the molecule is CC(C(=O)N1c2ccccc2CC1C)N1C[C@@H]2CCC[C@@]2(C(=O)O)C1. The van der Waals surface area contributed by atoms with Crippen LogP contribution in [0.4, 0.5) is 5.69 Å². The summed E-state index contributed by atoms with van der Waals surface area (Å²) in [6, 6.07) is 7.96. The molecule has 5 nitrogen and oxygen atoms in total. The Morgan fingerprint density at radius 2 is 2.08 bits per heavy atom. The monoisotopic (exact) mass is 342 g/mol. The van der Waals surface area contributed by atoms with Crippen molar-refractivity contribution in [2.24, 2.45) is 11.3 Å². The molecule has 2 fully saturated rings. The molecule has 0 bridgehead atoms. The molecule has 1 N–H and O–H groups in total. The number of carbonyl (C=O) groups is 2. The van der Waals surface area contributed by atoms with Gasteiger partial charge in [0.25, 0.3) is 0 Å². The zero-order valence-corrected chi connectivity index (χ0v) is 14.9. The Hall–Kier alpha value is -1.88. The van der Waals surface area contributed by atoms with E-state index < -0.39 is 11.4 Å². The van der Waals surface area contributed by atoms with Gasteiger partial charge in [0.2, 0.25) is 5.91 Å². The summed E-state index contributed by atoms with van der Waals surface area (Å²) in [4.78, 5) is 29.2. The van der Waals surface area contributed by atoms with Gasteiger partial charge in [-0.3, -0.25) is 14.5 Å². The van der Waals surface area contributed by atoms with Crippen molar-refractivity contribution in [1.29, 1.82) is 0 Å². The van der Waals surface area contributed by atoms with Crippen molar-refractivity contribution in [1.82, 2.24) is 4.90 Å². The summed E-state index contributed by atoms with van der Waals surface area (Å²) in [5, 5.41) is 9.77. The standard InChI is InChI=1S/C20H26N2O3/c1-13-10-15-6-3-4-8-17(15)22(13)18(23)14(2)21-11-16-7-5-9-20(16,12-21)19(24)25/h3-4,6,8,13-14,16H,5,7,9-12H2,1-2H3,(H,24,25)/t13?,14?,16-,20+/m0/s1. The number of amides is 1. The topological polar surface area (TPSA) is 60.9 Å². The van der Waals surface area contributed by atoms with Crippen LogP contribution >= 0.6 is 0 Å². The molecule has 3 aliphatic rings. The first kappa shape index (κ1) is 16.6. The molecular weight excluding hydrogens is 316 g/mol. The highest BCUT2D eigenvalue weighted by Gasteiger charge is 2.56. The zero-order chi connectivity index (χ0) is 17.8. The van der Waals surface area contributed by atoms with E-state index in [0.717, 1.165) is 37.9 Å². The van der Waals surface area contributed by atoms with Gasteiger partial charge in [0.05, 0.1) is 11.5 Å². The quantitative estimate of drug-likeness (QED) is 0.917. The van der Waals surface area contributed by atoms with Crippen LogP contribution in [0.1, 0.15) is 38.7 Å². The predicted molar refractivity (Wildman–Crippen MR) is 95.5 cm³/mol. The number of aliphatic carboxylic acids is 1. The molecule has 1 aliphatic carbocycles. The third-order valence-corrected chi connectivity index (χ3v) is 6.67.